The maximum absolute atomic E-state index is 13.2. The molecular formula is C13H16F2N4. The Balaban J connectivity index is 2.24. The summed E-state index contributed by atoms with van der Waals surface area (Å²) in [7, 11) is 0. The van der Waals surface area contributed by atoms with Crippen LogP contribution >= 0.6 is 0 Å². The van der Waals surface area contributed by atoms with Gasteiger partial charge in [-0.25, -0.2) is 8.78 Å². The van der Waals surface area contributed by atoms with E-state index in [0.29, 0.717) is 18.5 Å². The van der Waals surface area contributed by atoms with Gasteiger partial charge in [0.1, 0.15) is 11.6 Å². The summed E-state index contributed by atoms with van der Waals surface area (Å²) in [4.78, 5) is 0. The molecule has 3 N–H and O–H groups in total. The van der Waals surface area contributed by atoms with Crippen molar-refractivity contribution in [3.8, 4) is 0 Å². The molecule has 1 aromatic heterocycles. The number of hydrogen-bond donors (Lipinski definition) is 2. The van der Waals surface area contributed by atoms with Gasteiger partial charge in [-0.1, -0.05) is 0 Å². The van der Waals surface area contributed by atoms with Crippen LogP contribution in [-0.4, -0.2) is 9.78 Å². The molecule has 1 aromatic carbocycles. The lowest BCUT2D eigenvalue weighted by molar-refractivity contribution is 0.487. The molecule has 1 unspecified atom stereocenters. The van der Waals surface area contributed by atoms with Gasteiger partial charge >= 0.3 is 0 Å². The molecule has 0 saturated carbocycles. The maximum Gasteiger partial charge on any atom is 0.126 e. The Kier molecular flexibility index (Phi) is 4.24. The Morgan fingerprint density at radius 2 is 2.00 bits per heavy atom. The van der Waals surface area contributed by atoms with Gasteiger partial charge in [-0.15, -0.1) is 0 Å². The van der Waals surface area contributed by atoms with Crippen LogP contribution in [0.5, 0.6) is 0 Å². The van der Waals surface area contributed by atoms with Gasteiger partial charge < -0.3 is 0 Å². The molecule has 1 atom stereocenters. The second-order valence-corrected chi connectivity index (χ2v) is 4.27. The van der Waals surface area contributed by atoms with Gasteiger partial charge in [0.05, 0.1) is 11.7 Å². The molecule has 2 rings (SSSR count). The number of hydrogen-bond acceptors (Lipinski definition) is 3. The van der Waals surface area contributed by atoms with E-state index < -0.39 is 11.6 Å². The molecule has 102 valence electrons. The van der Waals surface area contributed by atoms with Crippen LogP contribution in [0.25, 0.3) is 0 Å². The van der Waals surface area contributed by atoms with E-state index in [4.69, 9.17) is 5.84 Å². The first kappa shape index (κ1) is 13.6. The highest BCUT2D eigenvalue weighted by Gasteiger charge is 2.15. The molecule has 0 spiro atoms. The Bertz CT molecular complexity index is 533. The number of aromatic nitrogens is 2. The summed E-state index contributed by atoms with van der Waals surface area (Å²) < 4.78 is 28.1. The van der Waals surface area contributed by atoms with Gasteiger partial charge in [0.25, 0.3) is 0 Å². The highest BCUT2D eigenvalue weighted by atomic mass is 19.1. The van der Waals surface area contributed by atoms with Crippen molar-refractivity contribution in [3.05, 3.63) is 53.4 Å². The van der Waals surface area contributed by atoms with Crippen molar-refractivity contribution in [1.82, 2.24) is 15.2 Å². The van der Waals surface area contributed by atoms with Crippen molar-refractivity contribution in [2.24, 2.45) is 5.84 Å². The molecular weight excluding hydrogens is 250 g/mol. The Morgan fingerprint density at radius 1 is 1.32 bits per heavy atom. The quantitative estimate of drug-likeness (QED) is 0.642. The monoisotopic (exact) mass is 266 g/mol. The first-order valence-corrected chi connectivity index (χ1v) is 6.06. The summed E-state index contributed by atoms with van der Waals surface area (Å²) in [6, 6.07) is 5.05. The molecule has 0 radical (unpaired) electrons. The number of rotatable bonds is 5. The molecule has 0 aliphatic rings. The van der Waals surface area contributed by atoms with Gasteiger partial charge in [0, 0.05) is 18.8 Å². The van der Waals surface area contributed by atoms with Crippen LogP contribution in [0.2, 0.25) is 0 Å². The van der Waals surface area contributed by atoms with Crippen LogP contribution in [0.1, 0.15) is 24.2 Å². The normalized spacial score (nSPS) is 12.6. The van der Waals surface area contributed by atoms with E-state index in [1.165, 1.54) is 12.1 Å². The predicted molar refractivity (Wildman–Crippen MR) is 68.0 cm³/mol. The van der Waals surface area contributed by atoms with Gasteiger partial charge in [-0.3, -0.25) is 16.0 Å². The largest absolute Gasteiger partial charge is 0.271 e. The van der Waals surface area contributed by atoms with Crippen molar-refractivity contribution in [1.29, 1.82) is 0 Å². The minimum Gasteiger partial charge on any atom is -0.271 e. The molecule has 0 bridgehead atoms. The zero-order chi connectivity index (χ0) is 13.8. The molecule has 6 heteroatoms. The summed E-state index contributed by atoms with van der Waals surface area (Å²) in [6.07, 6.45) is 2.06. The van der Waals surface area contributed by atoms with Crippen LogP contribution in [0.15, 0.2) is 30.5 Å². The van der Waals surface area contributed by atoms with Crippen LogP contribution in [0.4, 0.5) is 8.78 Å². The van der Waals surface area contributed by atoms with E-state index in [9.17, 15) is 8.78 Å². The highest BCUT2D eigenvalue weighted by molar-refractivity contribution is 5.21. The average Bonchev–Trinajstić information content (AvgIpc) is 2.82. The Hall–Kier alpha value is -1.79. The van der Waals surface area contributed by atoms with Crippen LogP contribution < -0.4 is 11.3 Å². The molecule has 0 aliphatic heterocycles. The minimum absolute atomic E-state index is 0.247. The highest BCUT2D eigenvalue weighted by Crippen LogP contribution is 2.19. The second kappa shape index (κ2) is 5.90. The third kappa shape index (κ3) is 3.15. The second-order valence-electron chi connectivity index (χ2n) is 4.27. The van der Waals surface area contributed by atoms with Crippen LogP contribution in [0, 0.1) is 11.6 Å². The van der Waals surface area contributed by atoms with E-state index in [2.05, 4.69) is 10.5 Å². The SMILES string of the molecule is CCn1nccc1C(Cc1cc(F)cc(F)c1)NN. The van der Waals surface area contributed by atoms with Gasteiger partial charge in [-0.2, -0.15) is 5.10 Å². The van der Waals surface area contributed by atoms with Gasteiger partial charge in [0.2, 0.25) is 0 Å². The van der Waals surface area contributed by atoms with E-state index in [0.717, 1.165) is 11.8 Å². The summed E-state index contributed by atoms with van der Waals surface area (Å²) in [6.45, 7) is 2.67. The summed E-state index contributed by atoms with van der Waals surface area (Å²) >= 11 is 0. The standard InChI is InChI=1S/C13H16F2N4/c1-2-19-13(3-4-17-19)12(18-16)7-9-5-10(14)8-11(15)6-9/h3-6,8,12,18H,2,7,16H2,1H3. The minimum atomic E-state index is -0.588. The zero-order valence-electron chi connectivity index (χ0n) is 10.6. The topological polar surface area (TPSA) is 55.9 Å². The molecule has 0 saturated heterocycles. The number of benzene rings is 1. The molecule has 4 nitrogen and oxygen atoms in total. The molecule has 0 amide bonds. The Labute approximate surface area is 110 Å². The van der Waals surface area contributed by atoms with Crippen molar-refractivity contribution < 1.29 is 8.78 Å². The fourth-order valence-electron chi connectivity index (χ4n) is 2.12. The zero-order valence-corrected chi connectivity index (χ0v) is 10.6. The molecule has 0 fully saturated rings. The predicted octanol–water partition coefficient (Wildman–Crippen LogP) is 1.93. The Morgan fingerprint density at radius 3 is 2.58 bits per heavy atom. The summed E-state index contributed by atoms with van der Waals surface area (Å²) in [5, 5.41) is 4.15. The molecule has 2 aromatic rings. The third-order valence-electron chi connectivity index (χ3n) is 2.97. The first-order chi connectivity index (χ1) is 9.13. The van der Waals surface area contributed by atoms with Crippen molar-refractivity contribution in [2.75, 3.05) is 0 Å². The number of nitrogens with two attached hydrogens (primary N) is 1. The summed E-state index contributed by atoms with van der Waals surface area (Å²) in [5.74, 6) is 4.36. The molecule has 1 heterocycles. The summed E-state index contributed by atoms with van der Waals surface area (Å²) in [5.41, 5.74) is 4.09. The number of nitrogens with one attached hydrogen (secondary N) is 1. The fourth-order valence-corrected chi connectivity index (χ4v) is 2.12. The number of aryl methyl sites for hydroxylation is 1. The van der Waals surface area contributed by atoms with Crippen molar-refractivity contribution in [2.45, 2.75) is 25.9 Å². The number of nitrogens with zero attached hydrogens (tertiary/aromatic N) is 2. The average molecular weight is 266 g/mol. The van der Waals surface area contributed by atoms with Gasteiger partial charge in [0.15, 0.2) is 0 Å². The van der Waals surface area contributed by atoms with Crippen molar-refractivity contribution in [3.63, 3.8) is 0 Å². The smallest absolute Gasteiger partial charge is 0.126 e. The van der Waals surface area contributed by atoms with Crippen LogP contribution in [-0.2, 0) is 13.0 Å². The number of hydrazine groups is 1. The first-order valence-electron chi connectivity index (χ1n) is 6.06. The van der Waals surface area contributed by atoms with E-state index in [-0.39, 0.29) is 6.04 Å². The lowest BCUT2D eigenvalue weighted by atomic mass is 10.0. The number of halogens is 2. The van der Waals surface area contributed by atoms with E-state index in [1.54, 1.807) is 10.9 Å². The van der Waals surface area contributed by atoms with Crippen LogP contribution in [0.3, 0.4) is 0 Å². The lowest BCUT2D eigenvalue weighted by Gasteiger charge is -2.17. The lowest BCUT2D eigenvalue weighted by Crippen LogP contribution is -2.31. The van der Waals surface area contributed by atoms with Crippen molar-refractivity contribution >= 4 is 0 Å². The van der Waals surface area contributed by atoms with E-state index >= 15 is 0 Å². The van der Waals surface area contributed by atoms with Gasteiger partial charge in [-0.05, 0) is 37.1 Å². The fraction of sp³-hybridized carbons (Fsp3) is 0.308. The molecule has 0 aliphatic carbocycles. The third-order valence-corrected chi connectivity index (χ3v) is 2.97. The maximum atomic E-state index is 13.2. The molecule has 19 heavy (non-hydrogen) atoms. The van der Waals surface area contributed by atoms with E-state index in [1.807, 2.05) is 13.0 Å².